The molecule has 0 fully saturated rings. The first-order valence-electron chi connectivity index (χ1n) is 4.38. The number of halogens is 1. The topological polar surface area (TPSA) is 26.3 Å². The van der Waals surface area contributed by atoms with Crippen LogP contribution in [0.15, 0.2) is 17.5 Å². The molecule has 2 nitrogen and oxygen atoms in total. The Morgan fingerprint density at radius 1 is 1.64 bits per heavy atom. The summed E-state index contributed by atoms with van der Waals surface area (Å²) in [7, 11) is 0. The van der Waals surface area contributed by atoms with Gasteiger partial charge in [0.05, 0.1) is 6.61 Å². The van der Waals surface area contributed by atoms with Crippen LogP contribution >= 0.6 is 11.3 Å². The maximum Gasteiger partial charge on any atom is 0.348 e. The number of rotatable bonds is 4. The van der Waals surface area contributed by atoms with Gasteiger partial charge in [-0.05, 0) is 25.3 Å². The maximum atomic E-state index is 13.0. The van der Waals surface area contributed by atoms with E-state index in [-0.39, 0.29) is 19.0 Å². The van der Waals surface area contributed by atoms with Crippen LogP contribution in [-0.4, -0.2) is 18.2 Å². The van der Waals surface area contributed by atoms with E-state index in [9.17, 15) is 9.18 Å². The number of ether oxygens (including phenoxy) is 1. The predicted octanol–water partition coefficient (Wildman–Crippen LogP) is 3.04. The van der Waals surface area contributed by atoms with E-state index in [1.807, 2.05) is 0 Å². The largest absolute Gasteiger partial charge is 0.461 e. The molecule has 1 aromatic rings. The zero-order chi connectivity index (χ0) is 10.6. The fourth-order valence-electron chi connectivity index (χ4n) is 0.852. The van der Waals surface area contributed by atoms with Crippen molar-refractivity contribution in [3.8, 4) is 0 Å². The van der Waals surface area contributed by atoms with Gasteiger partial charge in [-0.1, -0.05) is 6.07 Å². The molecule has 4 heteroatoms. The molecule has 0 aliphatic rings. The second-order valence-electron chi connectivity index (χ2n) is 3.58. The smallest absolute Gasteiger partial charge is 0.348 e. The van der Waals surface area contributed by atoms with Crippen molar-refractivity contribution in [1.29, 1.82) is 0 Å². The van der Waals surface area contributed by atoms with Gasteiger partial charge in [-0.25, -0.2) is 9.18 Å². The first-order chi connectivity index (χ1) is 6.49. The number of esters is 1. The van der Waals surface area contributed by atoms with Gasteiger partial charge in [0.1, 0.15) is 10.5 Å². The van der Waals surface area contributed by atoms with Crippen LogP contribution in [0, 0.1) is 0 Å². The number of hydrogen-bond acceptors (Lipinski definition) is 3. The molecule has 0 saturated heterocycles. The summed E-state index contributed by atoms with van der Waals surface area (Å²) in [6, 6.07) is 3.47. The molecule has 0 aromatic carbocycles. The van der Waals surface area contributed by atoms with Crippen molar-refractivity contribution in [1.82, 2.24) is 0 Å². The van der Waals surface area contributed by atoms with Crippen LogP contribution in [0.4, 0.5) is 4.39 Å². The van der Waals surface area contributed by atoms with Gasteiger partial charge < -0.3 is 4.74 Å². The summed E-state index contributed by atoms with van der Waals surface area (Å²) < 4.78 is 17.9. The number of hydrogen-bond donors (Lipinski definition) is 0. The second-order valence-corrected chi connectivity index (χ2v) is 4.53. The zero-order valence-electron chi connectivity index (χ0n) is 8.25. The molecule has 1 heterocycles. The van der Waals surface area contributed by atoms with Crippen molar-refractivity contribution in [2.45, 2.75) is 25.9 Å². The fourth-order valence-corrected chi connectivity index (χ4v) is 1.47. The molecule has 0 N–H and O–H groups in total. The van der Waals surface area contributed by atoms with E-state index in [0.29, 0.717) is 4.88 Å². The van der Waals surface area contributed by atoms with E-state index in [0.717, 1.165) is 0 Å². The number of carbonyl (C=O) groups is 1. The van der Waals surface area contributed by atoms with Gasteiger partial charge in [0.2, 0.25) is 0 Å². The average molecular weight is 216 g/mol. The molecule has 0 radical (unpaired) electrons. The van der Waals surface area contributed by atoms with Crippen molar-refractivity contribution < 1.29 is 13.9 Å². The van der Waals surface area contributed by atoms with Crippen molar-refractivity contribution >= 4 is 17.3 Å². The van der Waals surface area contributed by atoms with E-state index in [4.69, 9.17) is 4.74 Å². The molecule has 0 aliphatic carbocycles. The van der Waals surface area contributed by atoms with Gasteiger partial charge in [-0.3, -0.25) is 0 Å². The molecule has 0 saturated carbocycles. The highest BCUT2D eigenvalue weighted by Crippen LogP contribution is 2.15. The minimum Gasteiger partial charge on any atom is -0.461 e. The Labute approximate surface area is 86.7 Å². The lowest BCUT2D eigenvalue weighted by Gasteiger charge is -2.13. The second kappa shape index (κ2) is 4.55. The lowest BCUT2D eigenvalue weighted by Crippen LogP contribution is -2.16. The molecule has 0 bridgehead atoms. The highest BCUT2D eigenvalue weighted by molar-refractivity contribution is 7.11. The summed E-state index contributed by atoms with van der Waals surface area (Å²) >= 11 is 1.32. The lowest BCUT2D eigenvalue weighted by atomic mass is 10.1. The minimum absolute atomic E-state index is 0.125. The first kappa shape index (κ1) is 11.2. The van der Waals surface area contributed by atoms with Crippen LogP contribution in [0.5, 0.6) is 0 Å². The van der Waals surface area contributed by atoms with Gasteiger partial charge in [0.25, 0.3) is 0 Å². The summed E-state index contributed by atoms with van der Waals surface area (Å²) in [5.41, 5.74) is -1.28. The molecular weight excluding hydrogens is 203 g/mol. The standard InChI is InChI=1S/C10H13FO2S/c1-10(2,11)5-6-13-9(12)8-4-3-7-14-8/h3-4,7H,5-6H2,1-2H3. The predicted molar refractivity (Wildman–Crippen MR) is 54.4 cm³/mol. The minimum atomic E-state index is -1.28. The van der Waals surface area contributed by atoms with Gasteiger partial charge in [-0.2, -0.15) is 0 Å². The summed E-state index contributed by atoms with van der Waals surface area (Å²) in [6.45, 7) is 3.05. The summed E-state index contributed by atoms with van der Waals surface area (Å²) in [5.74, 6) is -0.371. The van der Waals surface area contributed by atoms with Crippen LogP contribution < -0.4 is 0 Å². The van der Waals surface area contributed by atoms with Crippen LogP contribution in [-0.2, 0) is 4.74 Å². The monoisotopic (exact) mass is 216 g/mol. The molecule has 0 atom stereocenters. The number of alkyl halides is 1. The highest BCUT2D eigenvalue weighted by Gasteiger charge is 2.16. The van der Waals surface area contributed by atoms with E-state index in [1.165, 1.54) is 25.2 Å². The molecule has 0 spiro atoms. The van der Waals surface area contributed by atoms with Crippen LogP contribution in [0.25, 0.3) is 0 Å². The molecule has 1 aromatic heterocycles. The third-order valence-corrected chi connectivity index (χ3v) is 2.50. The maximum absolute atomic E-state index is 13.0. The molecule has 1 rings (SSSR count). The zero-order valence-corrected chi connectivity index (χ0v) is 9.07. The number of thiophene rings is 1. The first-order valence-corrected chi connectivity index (χ1v) is 5.26. The number of carbonyl (C=O) groups excluding carboxylic acids is 1. The average Bonchev–Trinajstić information content (AvgIpc) is 2.53. The van der Waals surface area contributed by atoms with E-state index in [2.05, 4.69) is 0 Å². The summed E-state index contributed by atoms with van der Waals surface area (Å²) in [4.78, 5) is 11.8. The van der Waals surface area contributed by atoms with Crippen molar-refractivity contribution in [3.63, 3.8) is 0 Å². The van der Waals surface area contributed by atoms with Crippen LogP contribution in [0.2, 0.25) is 0 Å². The summed E-state index contributed by atoms with van der Waals surface area (Å²) in [5, 5.41) is 1.80. The Kier molecular flexibility index (Phi) is 3.63. The van der Waals surface area contributed by atoms with Crippen molar-refractivity contribution in [3.05, 3.63) is 22.4 Å². The van der Waals surface area contributed by atoms with E-state index in [1.54, 1.807) is 17.5 Å². The van der Waals surface area contributed by atoms with Crippen LogP contribution in [0.3, 0.4) is 0 Å². The SMILES string of the molecule is CC(C)(F)CCOC(=O)c1cccs1. The van der Waals surface area contributed by atoms with Crippen molar-refractivity contribution in [2.24, 2.45) is 0 Å². The van der Waals surface area contributed by atoms with Crippen LogP contribution in [0.1, 0.15) is 29.9 Å². The molecule has 78 valence electrons. The Morgan fingerprint density at radius 2 is 2.36 bits per heavy atom. The third-order valence-electron chi connectivity index (χ3n) is 1.65. The third kappa shape index (κ3) is 3.87. The van der Waals surface area contributed by atoms with Crippen molar-refractivity contribution in [2.75, 3.05) is 6.61 Å². The molecule has 0 unspecified atom stereocenters. The molecule has 0 amide bonds. The molecular formula is C10H13FO2S. The highest BCUT2D eigenvalue weighted by atomic mass is 32.1. The Hall–Kier alpha value is -0.900. The fraction of sp³-hybridized carbons (Fsp3) is 0.500. The molecule has 0 aliphatic heterocycles. The van der Waals surface area contributed by atoms with Gasteiger partial charge in [-0.15, -0.1) is 11.3 Å². The normalized spacial score (nSPS) is 11.4. The molecule has 14 heavy (non-hydrogen) atoms. The van der Waals surface area contributed by atoms with E-state index < -0.39 is 5.67 Å². The van der Waals surface area contributed by atoms with Gasteiger partial charge in [0.15, 0.2) is 0 Å². The van der Waals surface area contributed by atoms with E-state index >= 15 is 0 Å². The summed E-state index contributed by atoms with van der Waals surface area (Å²) in [6.07, 6.45) is 0.226. The Bertz CT molecular complexity index is 288. The van der Waals surface area contributed by atoms with Gasteiger partial charge >= 0.3 is 5.97 Å². The lowest BCUT2D eigenvalue weighted by molar-refractivity contribution is 0.0438. The van der Waals surface area contributed by atoms with Gasteiger partial charge in [0, 0.05) is 6.42 Å². The Balaban J connectivity index is 2.30. The Morgan fingerprint density at radius 3 is 2.86 bits per heavy atom. The quantitative estimate of drug-likeness (QED) is 0.723.